The van der Waals surface area contributed by atoms with Crippen LogP contribution in [0.2, 0.25) is 0 Å². The lowest BCUT2D eigenvalue weighted by atomic mass is 10.4. The zero-order chi connectivity index (χ0) is 18.0. The number of nitriles is 2. The first-order chi connectivity index (χ1) is 12.0. The average Bonchev–Trinajstić information content (AvgIpc) is 3.17. The molecule has 0 amide bonds. The summed E-state index contributed by atoms with van der Waals surface area (Å²) in [7, 11) is 0. The van der Waals surface area contributed by atoms with Crippen LogP contribution < -0.4 is 10.1 Å². The molecule has 0 saturated carbocycles. The second kappa shape index (κ2) is 6.49. The maximum atomic E-state index is 9.08. The Kier molecular flexibility index (Phi) is 4.23. The minimum atomic E-state index is -0.435. The molecule has 0 radical (unpaired) electrons. The third kappa shape index (κ3) is 3.35. The molecule has 3 rings (SSSR count). The van der Waals surface area contributed by atoms with E-state index < -0.39 is 6.04 Å². The average molecular weight is 336 g/mol. The Morgan fingerprint density at radius 2 is 2.12 bits per heavy atom. The van der Waals surface area contributed by atoms with Gasteiger partial charge in [0.2, 0.25) is 5.95 Å². The van der Waals surface area contributed by atoms with Crippen LogP contribution in [0.25, 0.3) is 11.0 Å². The summed E-state index contributed by atoms with van der Waals surface area (Å²) in [4.78, 5) is 11.5. The van der Waals surface area contributed by atoms with E-state index >= 15 is 0 Å². The Morgan fingerprint density at radius 1 is 1.32 bits per heavy atom. The first kappa shape index (κ1) is 16.3. The number of fused-ring (bicyclic) bond motifs is 1. The summed E-state index contributed by atoms with van der Waals surface area (Å²) in [6, 6.07) is 5.40. The third-order valence-electron chi connectivity index (χ3n) is 3.37. The van der Waals surface area contributed by atoms with Crippen LogP contribution in [-0.4, -0.2) is 30.8 Å². The predicted molar refractivity (Wildman–Crippen MR) is 90.2 cm³/mol. The van der Waals surface area contributed by atoms with Gasteiger partial charge in [-0.15, -0.1) is 5.10 Å². The molecule has 0 unspecified atom stereocenters. The minimum absolute atomic E-state index is 0.0775. The van der Waals surface area contributed by atoms with Crippen LogP contribution in [0.5, 0.6) is 5.88 Å². The second-order valence-electron chi connectivity index (χ2n) is 5.72. The number of nitrogens with zero attached hydrogens (tertiary/aromatic N) is 6. The quantitative estimate of drug-likeness (QED) is 0.732. The zero-order valence-corrected chi connectivity index (χ0v) is 14.0. The Morgan fingerprint density at radius 3 is 2.80 bits per heavy atom. The standard InChI is InChI=1S/C16H16N8O/c1-9(2)25-15-13(8-24(23-15)10(3)5-17)21-16-19-7-11-4-12(6-18)20-14(11)22-16/h4,7-10H,1-3H3,(H2,19,20,21,22)/t10-/m0/s1. The molecule has 3 aromatic heterocycles. The van der Waals surface area contributed by atoms with Gasteiger partial charge in [0, 0.05) is 11.6 Å². The van der Waals surface area contributed by atoms with Gasteiger partial charge in [0.05, 0.1) is 18.4 Å². The molecule has 3 aromatic rings. The lowest BCUT2D eigenvalue weighted by molar-refractivity contribution is 0.230. The molecule has 9 heteroatoms. The normalized spacial score (nSPS) is 11.9. The van der Waals surface area contributed by atoms with E-state index in [1.54, 1.807) is 25.4 Å². The van der Waals surface area contributed by atoms with Crippen LogP contribution in [0.15, 0.2) is 18.5 Å². The fraction of sp³-hybridized carbons (Fsp3) is 0.312. The lowest BCUT2D eigenvalue weighted by Gasteiger charge is -2.09. The third-order valence-corrected chi connectivity index (χ3v) is 3.37. The molecule has 3 heterocycles. The Bertz CT molecular complexity index is 988. The van der Waals surface area contributed by atoms with Gasteiger partial charge in [0.15, 0.2) is 0 Å². The van der Waals surface area contributed by atoms with Crippen molar-refractivity contribution in [2.45, 2.75) is 32.9 Å². The van der Waals surface area contributed by atoms with Crippen molar-refractivity contribution < 1.29 is 4.74 Å². The molecule has 0 aliphatic heterocycles. The number of rotatable bonds is 5. The van der Waals surface area contributed by atoms with Crippen LogP contribution in [-0.2, 0) is 0 Å². The molecular formula is C16H16N8O. The Labute approximate surface area is 143 Å². The SMILES string of the molecule is CC(C)Oc1nn([C@@H](C)C#N)cc1Nc1ncc2cc(C#N)[nH]c2n1. The summed E-state index contributed by atoms with van der Waals surface area (Å²) >= 11 is 0. The van der Waals surface area contributed by atoms with E-state index in [4.69, 9.17) is 15.3 Å². The molecule has 9 nitrogen and oxygen atoms in total. The first-order valence-corrected chi connectivity index (χ1v) is 7.68. The summed E-state index contributed by atoms with van der Waals surface area (Å²) in [5, 5.41) is 26.1. The highest BCUT2D eigenvalue weighted by atomic mass is 16.5. The van der Waals surface area contributed by atoms with Crippen LogP contribution in [0, 0.1) is 22.7 Å². The highest BCUT2D eigenvalue weighted by molar-refractivity contribution is 5.78. The molecule has 0 saturated heterocycles. The van der Waals surface area contributed by atoms with Crippen LogP contribution >= 0.6 is 0 Å². The highest BCUT2D eigenvalue weighted by Crippen LogP contribution is 2.28. The maximum absolute atomic E-state index is 9.08. The van der Waals surface area contributed by atoms with Gasteiger partial charge < -0.3 is 15.0 Å². The van der Waals surface area contributed by atoms with Gasteiger partial charge in [0.25, 0.3) is 5.88 Å². The molecule has 0 spiro atoms. The molecule has 2 N–H and O–H groups in total. The topological polar surface area (TPSA) is 128 Å². The highest BCUT2D eigenvalue weighted by Gasteiger charge is 2.16. The van der Waals surface area contributed by atoms with Crippen LogP contribution in [0.1, 0.15) is 32.5 Å². The molecular weight excluding hydrogens is 320 g/mol. The Hall–Kier alpha value is -3.59. The summed E-state index contributed by atoms with van der Waals surface area (Å²) in [6.45, 7) is 5.52. The van der Waals surface area contributed by atoms with Crippen molar-refractivity contribution in [2.24, 2.45) is 0 Å². The van der Waals surface area contributed by atoms with Crippen LogP contribution in [0.3, 0.4) is 0 Å². The number of ether oxygens (including phenoxy) is 1. The molecule has 1 atom stereocenters. The number of hydrogen-bond donors (Lipinski definition) is 2. The van der Waals surface area contributed by atoms with Crippen molar-refractivity contribution in [2.75, 3.05) is 5.32 Å². The zero-order valence-electron chi connectivity index (χ0n) is 14.0. The number of anilines is 2. The van der Waals surface area contributed by atoms with Gasteiger partial charge in [0.1, 0.15) is 29.1 Å². The maximum Gasteiger partial charge on any atom is 0.257 e. The number of H-pyrrole nitrogens is 1. The largest absolute Gasteiger partial charge is 0.472 e. The van der Waals surface area contributed by atoms with Crippen LogP contribution in [0.4, 0.5) is 11.6 Å². The van der Waals surface area contributed by atoms with Crippen molar-refractivity contribution in [3.05, 3.63) is 24.2 Å². The van der Waals surface area contributed by atoms with Gasteiger partial charge in [-0.05, 0) is 26.8 Å². The molecule has 0 bridgehead atoms. The van der Waals surface area contributed by atoms with Gasteiger partial charge in [-0.25, -0.2) is 9.67 Å². The molecule has 25 heavy (non-hydrogen) atoms. The molecule has 0 aliphatic carbocycles. The summed E-state index contributed by atoms with van der Waals surface area (Å²) in [5.74, 6) is 0.696. The van der Waals surface area contributed by atoms with E-state index in [0.717, 1.165) is 5.39 Å². The first-order valence-electron chi connectivity index (χ1n) is 7.68. The van der Waals surface area contributed by atoms with Gasteiger partial charge in [-0.2, -0.15) is 15.5 Å². The number of aromatic amines is 1. The summed E-state index contributed by atoms with van der Waals surface area (Å²) in [5.41, 5.74) is 1.53. The Balaban J connectivity index is 1.94. The van der Waals surface area contributed by atoms with Gasteiger partial charge >= 0.3 is 0 Å². The molecule has 126 valence electrons. The van der Waals surface area contributed by atoms with E-state index in [1.807, 2.05) is 19.9 Å². The summed E-state index contributed by atoms with van der Waals surface area (Å²) < 4.78 is 7.21. The van der Waals surface area contributed by atoms with Crippen molar-refractivity contribution in [3.8, 4) is 18.0 Å². The molecule has 0 fully saturated rings. The number of hydrogen-bond acceptors (Lipinski definition) is 7. The molecule has 0 aromatic carbocycles. The van der Waals surface area contributed by atoms with Crippen molar-refractivity contribution in [1.29, 1.82) is 10.5 Å². The van der Waals surface area contributed by atoms with E-state index in [9.17, 15) is 0 Å². The fourth-order valence-corrected chi connectivity index (χ4v) is 2.19. The number of aromatic nitrogens is 5. The minimum Gasteiger partial charge on any atom is -0.472 e. The van der Waals surface area contributed by atoms with Crippen molar-refractivity contribution in [3.63, 3.8) is 0 Å². The lowest BCUT2D eigenvalue weighted by Crippen LogP contribution is -2.09. The van der Waals surface area contributed by atoms with Gasteiger partial charge in [-0.1, -0.05) is 0 Å². The smallest absolute Gasteiger partial charge is 0.257 e. The van der Waals surface area contributed by atoms with E-state index in [2.05, 4.69) is 31.4 Å². The van der Waals surface area contributed by atoms with E-state index in [-0.39, 0.29) is 6.10 Å². The van der Waals surface area contributed by atoms with Crippen molar-refractivity contribution in [1.82, 2.24) is 24.7 Å². The van der Waals surface area contributed by atoms with E-state index in [0.29, 0.717) is 28.9 Å². The van der Waals surface area contributed by atoms with Gasteiger partial charge in [-0.3, -0.25) is 0 Å². The van der Waals surface area contributed by atoms with Crippen molar-refractivity contribution >= 4 is 22.7 Å². The molecule has 0 aliphatic rings. The predicted octanol–water partition coefficient (Wildman–Crippen LogP) is 2.64. The second-order valence-corrected chi connectivity index (χ2v) is 5.72. The van der Waals surface area contributed by atoms with E-state index in [1.165, 1.54) is 4.68 Å². The summed E-state index contributed by atoms with van der Waals surface area (Å²) in [6.07, 6.45) is 3.22. The monoisotopic (exact) mass is 336 g/mol. The fourth-order valence-electron chi connectivity index (χ4n) is 2.19. The number of nitrogens with one attached hydrogen (secondary N) is 2.